The number of carbonyl (C=O) groups is 4. The molecule has 0 spiro atoms. The monoisotopic (exact) mass is 502 g/mol. The fourth-order valence-corrected chi connectivity index (χ4v) is 4.07. The molecule has 4 unspecified atom stereocenters. The second-order valence-electron chi connectivity index (χ2n) is 9.36. The van der Waals surface area contributed by atoms with Crippen LogP contribution in [-0.2, 0) is 32.0 Å². The zero-order valence-corrected chi connectivity index (χ0v) is 20.4. The molecule has 3 heterocycles. The Bertz CT molecular complexity index is 1000. The van der Waals surface area contributed by atoms with Gasteiger partial charge in [0.15, 0.2) is 0 Å². The van der Waals surface area contributed by atoms with Crippen molar-refractivity contribution < 1.29 is 24.3 Å². The maximum absolute atomic E-state index is 13.3. The Morgan fingerprint density at radius 3 is 2.03 bits per heavy atom. The number of carbonyl (C=O) groups excluding carboxylic acids is 3. The summed E-state index contributed by atoms with van der Waals surface area (Å²) in [4.78, 5) is 64.4. The molecule has 36 heavy (non-hydrogen) atoms. The highest BCUT2D eigenvalue weighted by atomic mass is 16.4. The number of rotatable bonds is 13. The molecule has 13 heteroatoms. The summed E-state index contributed by atoms with van der Waals surface area (Å²) < 4.78 is 0. The third-order valence-corrected chi connectivity index (χ3v) is 5.92. The fraction of sp³-hybridized carbons (Fsp3) is 0.565. The third-order valence-electron chi connectivity index (χ3n) is 5.92. The molecule has 1 aliphatic rings. The quantitative estimate of drug-likeness (QED) is 0.186. The third kappa shape index (κ3) is 7.90. The van der Waals surface area contributed by atoms with Crippen molar-refractivity contribution in [2.45, 2.75) is 70.1 Å². The first-order chi connectivity index (χ1) is 17.2. The minimum absolute atomic E-state index is 0.00772. The van der Waals surface area contributed by atoms with E-state index in [0.717, 1.165) is 13.0 Å². The molecule has 0 saturated carbocycles. The summed E-state index contributed by atoms with van der Waals surface area (Å²) in [6.07, 6.45) is 7.86. The van der Waals surface area contributed by atoms with E-state index in [-0.39, 0.29) is 30.7 Å². The topological polar surface area (TPSA) is 194 Å². The van der Waals surface area contributed by atoms with E-state index in [2.05, 4.69) is 41.2 Å². The van der Waals surface area contributed by atoms with Gasteiger partial charge in [-0.15, -0.1) is 0 Å². The Labute approximate surface area is 208 Å². The minimum atomic E-state index is -1.24. The largest absolute Gasteiger partial charge is 0.480 e. The number of nitrogens with zero attached hydrogens (tertiary/aromatic N) is 2. The van der Waals surface area contributed by atoms with Gasteiger partial charge in [-0.05, 0) is 31.7 Å². The van der Waals surface area contributed by atoms with Gasteiger partial charge in [-0.25, -0.2) is 14.8 Å². The molecule has 2 aromatic heterocycles. The molecular weight excluding hydrogens is 468 g/mol. The van der Waals surface area contributed by atoms with E-state index < -0.39 is 35.9 Å². The highest BCUT2D eigenvalue weighted by Gasteiger charge is 2.32. The van der Waals surface area contributed by atoms with Crippen molar-refractivity contribution in [3.63, 3.8) is 0 Å². The molecule has 1 fully saturated rings. The first-order valence-corrected chi connectivity index (χ1v) is 12.0. The van der Waals surface area contributed by atoms with Gasteiger partial charge in [0.2, 0.25) is 17.7 Å². The highest BCUT2D eigenvalue weighted by Crippen LogP contribution is 2.10. The number of carboxylic acid groups (broad SMARTS) is 1. The Kier molecular flexibility index (Phi) is 9.56. The lowest BCUT2D eigenvalue weighted by molar-refractivity contribution is -0.142. The van der Waals surface area contributed by atoms with Crippen LogP contribution in [-0.4, -0.2) is 79.4 Å². The predicted octanol–water partition coefficient (Wildman–Crippen LogP) is -0.745. The van der Waals surface area contributed by atoms with Gasteiger partial charge in [0.05, 0.1) is 18.7 Å². The van der Waals surface area contributed by atoms with Crippen LogP contribution in [0.15, 0.2) is 25.0 Å². The lowest BCUT2D eigenvalue weighted by Crippen LogP contribution is -2.58. The van der Waals surface area contributed by atoms with Crippen LogP contribution in [0.4, 0.5) is 0 Å². The molecule has 1 aliphatic heterocycles. The molecule has 3 rings (SSSR count). The van der Waals surface area contributed by atoms with E-state index in [1.165, 1.54) is 25.0 Å². The van der Waals surface area contributed by atoms with Gasteiger partial charge in [0.1, 0.15) is 18.1 Å². The average molecular weight is 503 g/mol. The lowest BCUT2D eigenvalue weighted by atomic mass is 10.0. The van der Waals surface area contributed by atoms with Crippen LogP contribution in [0.3, 0.4) is 0 Å². The number of hydrogen-bond donors (Lipinski definition) is 7. The minimum Gasteiger partial charge on any atom is -0.480 e. The van der Waals surface area contributed by atoms with Crippen molar-refractivity contribution in [3.05, 3.63) is 36.4 Å². The van der Waals surface area contributed by atoms with Crippen LogP contribution >= 0.6 is 0 Å². The van der Waals surface area contributed by atoms with Crippen molar-refractivity contribution in [1.29, 1.82) is 0 Å². The van der Waals surface area contributed by atoms with Crippen LogP contribution < -0.4 is 21.3 Å². The summed E-state index contributed by atoms with van der Waals surface area (Å²) in [6, 6.07) is -3.54. The van der Waals surface area contributed by atoms with E-state index >= 15 is 0 Å². The molecule has 3 amide bonds. The summed E-state index contributed by atoms with van der Waals surface area (Å²) >= 11 is 0. The molecule has 4 atom stereocenters. The number of aromatic nitrogens is 4. The van der Waals surface area contributed by atoms with Gasteiger partial charge >= 0.3 is 5.97 Å². The van der Waals surface area contributed by atoms with Gasteiger partial charge < -0.3 is 36.3 Å². The summed E-state index contributed by atoms with van der Waals surface area (Å²) in [6.45, 7) is 4.61. The highest BCUT2D eigenvalue weighted by molar-refractivity contribution is 5.94. The zero-order valence-electron chi connectivity index (χ0n) is 20.4. The number of H-pyrrole nitrogens is 2. The van der Waals surface area contributed by atoms with Gasteiger partial charge in [-0.2, -0.15) is 0 Å². The van der Waals surface area contributed by atoms with E-state index in [1.807, 2.05) is 13.8 Å². The number of aliphatic carboxylic acids is 1. The van der Waals surface area contributed by atoms with Crippen molar-refractivity contribution in [2.75, 3.05) is 6.54 Å². The van der Waals surface area contributed by atoms with Crippen LogP contribution in [0.25, 0.3) is 0 Å². The summed E-state index contributed by atoms with van der Waals surface area (Å²) in [5.41, 5.74) is 1.12. The van der Waals surface area contributed by atoms with Crippen molar-refractivity contribution in [2.24, 2.45) is 5.92 Å². The maximum atomic E-state index is 13.3. The van der Waals surface area contributed by atoms with Gasteiger partial charge in [-0.1, -0.05) is 13.8 Å². The molecule has 0 bridgehead atoms. The Morgan fingerprint density at radius 1 is 0.944 bits per heavy atom. The Morgan fingerprint density at radius 2 is 1.53 bits per heavy atom. The molecule has 196 valence electrons. The van der Waals surface area contributed by atoms with E-state index in [1.54, 1.807) is 0 Å². The Hall–Kier alpha value is -3.74. The second-order valence-corrected chi connectivity index (χ2v) is 9.36. The number of hydrogen-bond acceptors (Lipinski definition) is 7. The van der Waals surface area contributed by atoms with Crippen molar-refractivity contribution in [3.8, 4) is 0 Å². The number of amides is 3. The van der Waals surface area contributed by atoms with E-state index in [0.29, 0.717) is 24.2 Å². The van der Waals surface area contributed by atoms with Gasteiger partial charge in [0, 0.05) is 36.6 Å². The molecule has 0 aliphatic carbocycles. The van der Waals surface area contributed by atoms with Gasteiger partial charge in [-0.3, -0.25) is 14.4 Å². The number of nitrogens with one attached hydrogen (secondary N) is 6. The fourth-order valence-electron chi connectivity index (χ4n) is 4.07. The maximum Gasteiger partial charge on any atom is 0.326 e. The standard InChI is InChI=1S/C23H34N8O5/c1-13(2)6-17(29-20(32)16-4-3-5-26-16)21(33)30-18(7-14-9-24-11-27-14)22(34)31-19(23(35)36)8-15-10-25-12-28-15/h9-13,16-19,26H,3-8H2,1-2H3,(H,24,27)(H,25,28)(H,29,32)(H,30,33)(H,31,34)(H,35,36). The smallest absolute Gasteiger partial charge is 0.326 e. The summed E-state index contributed by atoms with van der Waals surface area (Å²) in [5.74, 6) is -2.57. The van der Waals surface area contributed by atoms with Crippen LogP contribution in [0, 0.1) is 5.92 Å². The molecule has 7 N–H and O–H groups in total. The predicted molar refractivity (Wildman–Crippen MR) is 128 cm³/mol. The number of carboxylic acids is 1. The molecule has 1 saturated heterocycles. The SMILES string of the molecule is CC(C)CC(NC(=O)C1CCCN1)C(=O)NC(Cc1cnc[nH]1)C(=O)NC(Cc1cnc[nH]1)C(=O)O. The normalized spacial score (nSPS) is 17.8. The van der Waals surface area contributed by atoms with Crippen molar-refractivity contribution in [1.82, 2.24) is 41.2 Å². The summed E-state index contributed by atoms with van der Waals surface area (Å²) in [5, 5.41) is 20.8. The van der Waals surface area contributed by atoms with E-state index in [9.17, 15) is 24.3 Å². The van der Waals surface area contributed by atoms with Crippen LogP contribution in [0.5, 0.6) is 0 Å². The van der Waals surface area contributed by atoms with E-state index in [4.69, 9.17) is 0 Å². The molecule has 0 radical (unpaired) electrons. The van der Waals surface area contributed by atoms with Crippen LogP contribution in [0.2, 0.25) is 0 Å². The second kappa shape index (κ2) is 12.8. The molecule has 2 aromatic rings. The molecule has 0 aromatic carbocycles. The number of imidazole rings is 2. The first-order valence-electron chi connectivity index (χ1n) is 12.0. The van der Waals surface area contributed by atoms with Crippen molar-refractivity contribution >= 4 is 23.7 Å². The number of aromatic amines is 2. The lowest BCUT2D eigenvalue weighted by Gasteiger charge is -2.26. The summed E-state index contributed by atoms with van der Waals surface area (Å²) in [7, 11) is 0. The average Bonchev–Trinajstić information content (AvgIpc) is 3.61. The zero-order chi connectivity index (χ0) is 26.1. The molecule has 13 nitrogen and oxygen atoms in total. The Balaban J connectivity index is 1.73. The van der Waals surface area contributed by atoms with Crippen LogP contribution in [0.1, 0.15) is 44.5 Å². The molecular formula is C23H34N8O5. The first kappa shape index (κ1) is 26.9. The van der Waals surface area contributed by atoms with Gasteiger partial charge in [0.25, 0.3) is 0 Å².